The van der Waals surface area contributed by atoms with Crippen LogP contribution in [0.5, 0.6) is 0 Å². The molecule has 49 heavy (non-hydrogen) atoms. The van der Waals surface area contributed by atoms with Crippen molar-refractivity contribution in [2.45, 2.75) is 84.0 Å². The minimum Gasteiger partial charge on any atom is -0.460 e. The van der Waals surface area contributed by atoms with Crippen LogP contribution in [0.3, 0.4) is 0 Å². The van der Waals surface area contributed by atoms with Gasteiger partial charge in [-0.3, -0.25) is 14.4 Å². The Labute approximate surface area is 288 Å². The highest BCUT2D eigenvalue weighted by atomic mass is 32.2. The van der Waals surface area contributed by atoms with E-state index in [1.54, 1.807) is 32.1 Å². The average Bonchev–Trinajstić information content (AvgIpc) is 3.72. The number of carbonyl (C=O) groups is 4. The normalized spacial score (nSPS) is 29.3. The van der Waals surface area contributed by atoms with Crippen molar-refractivity contribution in [2.75, 3.05) is 38.5 Å². The van der Waals surface area contributed by atoms with Crippen LogP contribution < -0.4 is 5.32 Å². The van der Waals surface area contributed by atoms with Gasteiger partial charge in [0.1, 0.15) is 18.4 Å². The van der Waals surface area contributed by atoms with Crippen LogP contribution in [-0.2, 0) is 29.0 Å². The summed E-state index contributed by atoms with van der Waals surface area (Å²) in [5, 5.41) is 22.5. The Kier molecular flexibility index (Phi) is 14.5. The Hall–Kier alpha value is -3.66. The first kappa shape index (κ1) is 39.8. The fraction of sp³-hybridized carbons (Fsp3) is 0.618. The number of sulfone groups is 1. The number of carbonyl (C=O) groups excluding carboxylic acids is 4. The number of aliphatic hydroxyl groups is 2. The molecular formula is C34H50N4O10S. The van der Waals surface area contributed by atoms with Crippen LogP contribution >= 0.6 is 0 Å². The van der Waals surface area contributed by atoms with Crippen LogP contribution in [0.4, 0.5) is 0 Å². The van der Waals surface area contributed by atoms with Crippen molar-refractivity contribution in [3.05, 3.63) is 53.8 Å². The monoisotopic (exact) mass is 706 g/mol. The average molecular weight is 707 g/mol. The van der Waals surface area contributed by atoms with E-state index >= 15 is 0 Å². The molecule has 1 fully saturated rings. The summed E-state index contributed by atoms with van der Waals surface area (Å²) in [6, 6.07) is -1.51. The van der Waals surface area contributed by atoms with Gasteiger partial charge >= 0.3 is 5.97 Å². The fourth-order valence-electron chi connectivity index (χ4n) is 5.99. The van der Waals surface area contributed by atoms with E-state index in [4.69, 9.17) is 9.15 Å². The molecule has 3 rings (SSSR count). The van der Waals surface area contributed by atoms with Gasteiger partial charge in [-0.2, -0.15) is 0 Å². The predicted octanol–water partition coefficient (Wildman–Crippen LogP) is 1.76. The lowest BCUT2D eigenvalue weighted by molar-refractivity contribution is -0.157. The number of amides is 2. The Bertz CT molecular complexity index is 1530. The number of hydrogen-bond donors (Lipinski definition) is 3. The molecule has 0 spiro atoms. The maximum absolute atomic E-state index is 14.0. The Balaban J connectivity index is 2.03. The summed E-state index contributed by atoms with van der Waals surface area (Å²) in [5.74, 6) is -4.40. The zero-order valence-corrected chi connectivity index (χ0v) is 29.9. The second-order valence-electron chi connectivity index (χ2n) is 12.8. The van der Waals surface area contributed by atoms with Gasteiger partial charge in [-0.15, -0.1) is 0 Å². The molecule has 2 amide bonds. The third kappa shape index (κ3) is 10.7. The molecule has 272 valence electrons. The molecule has 1 unspecified atom stereocenters. The molecule has 1 aromatic rings. The predicted molar refractivity (Wildman–Crippen MR) is 181 cm³/mol. The Morgan fingerprint density at radius 3 is 2.47 bits per heavy atom. The number of oxazole rings is 1. The summed E-state index contributed by atoms with van der Waals surface area (Å²) in [7, 11) is -3.92. The van der Waals surface area contributed by atoms with Gasteiger partial charge in [0.25, 0.3) is 5.91 Å². The first-order valence-electron chi connectivity index (χ1n) is 16.7. The molecule has 1 aromatic heterocycles. The molecule has 6 atom stereocenters. The van der Waals surface area contributed by atoms with Crippen LogP contribution in [-0.4, -0.2) is 119 Å². The van der Waals surface area contributed by atoms with Crippen molar-refractivity contribution in [2.24, 2.45) is 11.8 Å². The second-order valence-corrected chi connectivity index (χ2v) is 15.1. The number of Topliss-reactive ketones (excluding diaryl/α,β-unsaturated/α-hetero) is 1. The number of rotatable bonds is 7. The summed E-state index contributed by atoms with van der Waals surface area (Å²) in [5.41, 5.74) is 0.258. The van der Waals surface area contributed by atoms with E-state index in [1.807, 2.05) is 32.6 Å². The number of nitrogens with one attached hydrogen (secondary N) is 1. The van der Waals surface area contributed by atoms with Gasteiger partial charge in [-0.1, -0.05) is 64.5 Å². The molecule has 1 saturated heterocycles. The highest BCUT2D eigenvalue weighted by Gasteiger charge is 2.50. The maximum atomic E-state index is 14.0. The Morgan fingerprint density at radius 2 is 1.82 bits per heavy atom. The van der Waals surface area contributed by atoms with Crippen LogP contribution in [0.15, 0.2) is 46.6 Å². The summed E-state index contributed by atoms with van der Waals surface area (Å²) in [6.07, 6.45) is 4.14. The van der Waals surface area contributed by atoms with E-state index in [9.17, 15) is 37.8 Å². The molecule has 0 aromatic carbocycles. The quantitative estimate of drug-likeness (QED) is 0.348. The summed E-state index contributed by atoms with van der Waals surface area (Å²) in [6.45, 7) is 12.5. The largest absolute Gasteiger partial charge is 0.460 e. The highest BCUT2D eigenvalue weighted by Crippen LogP contribution is 2.30. The van der Waals surface area contributed by atoms with Gasteiger partial charge in [0.15, 0.2) is 27.4 Å². The van der Waals surface area contributed by atoms with Crippen molar-refractivity contribution in [3.8, 4) is 0 Å². The van der Waals surface area contributed by atoms with E-state index in [0.717, 1.165) is 11.2 Å². The maximum Gasteiger partial charge on any atom is 0.330 e. The lowest BCUT2D eigenvalue weighted by Gasteiger charge is -2.31. The summed E-state index contributed by atoms with van der Waals surface area (Å²) < 4.78 is 38.7. The van der Waals surface area contributed by atoms with Crippen molar-refractivity contribution >= 4 is 33.4 Å². The number of aromatic nitrogens is 1. The molecular weight excluding hydrogens is 656 g/mol. The first-order valence-corrected chi connectivity index (χ1v) is 18.4. The molecule has 0 radical (unpaired) electrons. The van der Waals surface area contributed by atoms with E-state index in [2.05, 4.69) is 10.3 Å². The molecule has 0 aliphatic carbocycles. The molecule has 14 nitrogen and oxygen atoms in total. The highest BCUT2D eigenvalue weighted by molar-refractivity contribution is 7.92. The van der Waals surface area contributed by atoms with Gasteiger partial charge in [-0.25, -0.2) is 18.2 Å². The summed E-state index contributed by atoms with van der Waals surface area (Å²) >= 11 is 0. The van der Waals surface area contributed by atoms with Gasteiger partial charge < -0.3 is 34.5 Å². The van der Waals surface area contributed by atoms with E-state index in [-0.39, 0.29) is 43.4 Å². The molecule has 3 N–H and O–H groups in total. The first-order chi connectivity index (χ1) is 23.1. The topological polar surface area (TPSA) is 197 Å². The number of esters is 1. The van der Waals surface area contributed by atoms with Gasteiger partial charge in [0.2, 0.25) is 11.8 Å². The number of ether oxygens (including phenoxy) is 1. The van der Waals surface area contributed by atoms with Crippen LogP contribution in [0.1, 0.15) is 76.9 Å². The molecule has 2 aliphatic rings. The number of hydrogen-bond acceptors (Lipinski definition) is 12. The van der Waals surface area contributed by atoms with Crippen LogP contribution in [0.2, 0.25) is 0 Å². The van der Waals surface area contributed by atoms with Crippen molar-refractivity contribution < 1.29 is 47.0 Å². The van der Waals surface area contributed by atoms with Gasteiger partial charge in [0.05, 0.1) is 17.1 Å². The zero-order valence-electron chi connectivity index (χ0n) is 29.1. The van der Waals surface area contributed by atoms with Crippen LogP contribution in [0.25, 0.3) is 0 Å². The molecule has 2 bridgehead atoms. The number of cyclic esters (lactones) is 1. The molecule has 3 heterocycles. The fourth-order valence-corrected chi connectivity index (χ4v) is 7.92. The number of allylic oxidation sites excluding steroid dienone is 2. The summed E-state index contributed by atoms with van der Waals surface area (Å²) in [4.78, 5) is 60.1. The van der Waals surface area contributed by atoms with Crippen molar-refractivity contribution in [1.29, 1.82) is 0 Å². The van der Waals surface area contributed by atoms with E-state index < -0.39 is 81.2 Å². The smallest absolute Gasteiger partial charge is 0.330 e. The third-order valence-electron chi connectivity index (χ3n) is 8.79. The lowest BCUT2D eigenvalue weighted by Crippen LogP contribution is -2.50. The molecule has 2 aliphatic heterocycles. The Morgan fingerprint density at radius 1 is 1.12 bits per heavy atom. The molecule has 0 saturated carbocycles. The van der Waals surface area contributed by atoms with E-state index in [1.165, 1.54) is 12.2 Å². The molecule has 15 heteroatoms. The second kappa shape index (κ2) is 17.8. The van der Waals surface area contributed by atoms with E-state index in [0.29, 0.717) is 18.7 Å². The lowest BCUT2D eigenvalue weighted by atomic mass is 9.94. The minimum absolute atomic E-state index is 0.0286. The number of nitrogens with zero attached hydrogens (tertiary/aromatic N) is 3. The zero-order chi connectivity index (χ0) is 36.5. The number of ketones is 1. The third-order valence-corrected chi connectivity index (χ3v) is 11.0. The SMILES string of the molecule is CCN(CC)CCS(=O)(=O)[C@@H]1CCN2C(=O)c3coc(n3)C(O)C(=O)C[C@H](O)/C=C(C)/C=C/CNC(=O)/C=C/[C@@H](C)[C@@H](C(C)C)OC(=O)[C@@H]12. The van der Waals surface area contributed by atoms with Gasteiger partial charge in [-0.05, 0) is 38.4 Å². The van der Waals surface area contributed by atoms with Crippen molar-refractivity contribution in [1.82, 2.24) is 20.1 Å². The standard InChI is InChI=1S/C34H50N4O10S/c1-7-37(8-2)16-17-49(45,46)27-13-15-38-29(27)34(44)48-31(21(3)4)23(6)11-12-28(41)35-14-9-10-22(5)18-24(39)19-26(40)30(42)32-36-25(20-47-32)33(38)43/h9-12,18,20-21,23-24,27,29-31,39,42H,7-8,13-17,19H2,1-6H3,(H,35,41)/b10-9+,12-11+,22-18+/t23-,24-,27-,29-,30?,31-/m1/s1. The van der Waals surface area contributed by atoms with Crippen molar-refractivity contribution in [3.63, 3.8) is 0 Å². The number of fused-ring (bicyclic) bond motifs is 3. The van der Waals surface area contributed by atoms with Gasteiger partial charge in [0, 0.05) is 32.0 Å². The minimum atomic E-state index is -3.92. The van der Waals surface area contributed by atoms with Crippen LogP contribution in [0, 0.1) is 11.8 Å². The number of aliphatic hydroxyl groups excluding tert-OH is 2.